The van der Waals surface area contributed by atoms with Crippen molar-refractivity contribution < 1.29 is 24.5 Å². The first-order valence-corrected chi connectivity index (χ1v) is 9.58. The summed E-state index contributed by atoms with van der Waals surface area (Å²) in [6, 6.07) is 7.03. The third kappa shape index (κ3) is 3.95. The Hall–Kier alpha value is -1.28. The summed E-state index contributed by atoms with van der Waals surface area (Å²) in [5.74, 6) is -0.302. The van der Waals surface area contributed by atoms with Gasteiger partial charge in [0.2, 0.25) is 0 Å². The van der Waals surface area contributed by atoms with Crippen LogP contribution in [0.25, 0.3) is 0 Å². The van der Waals surface area contributed by atoms with Gasteiger partial charge < -0.3 is 24.6 Å². The molecule has 0 bridgehead atoms. The van der Waals surface area contributed by atoms with Crippen molar-refractivity contribution in [3.63, 3.8) is 0 Å². The molecule has 1 aromatic carbocycles. The number of ether oxygens (including phenoxy) is 2. The van der Waals surface area contributed by atoms with Crippen molar-refractivity contribution >= 4 is 17.0 Å². The van der Waals surface area contributed by atoms with E-state index in [9.17, 15) is 15.0 Å². The van der Waals surface area contributed by atoms with Crippen molar-refractivity contribution in [2.24, 2.45) is 0 Å². The Balaban J connectivity index is 1.78. The molecule has 1 aromatic rings. The van der Waals surface area contributed by atoms with E-state index in [2.05, 4.69) is 0 Å². The molecule has 6 nitrogen and oxygen atoms in total. The number of aliphatic hydroxyl groups excluding tert-OH is 1. The molecule has 0 aromatic heterocycles. The Morgan fingerprint density at radius 1 is 1.40 bits per heavy atom. The van der Waals surface area contributed by atoms with Crippen molar-refractivity contribution in [2.45, 2.75) is 56.8 Å². The zero-order chi connectivity index (χ0) is 18.0. The number of aliphatic hydroxyl groups is 2. The van der Waals surface area contributed by atoms with Crippen LogP contribution >= 0.6 is 11.8 Å². The second kappa shape index (κ2) is 7.53. The average molecular weight is 367 g/mol. The second-order valence-electron chi connectivity index (χ2n) is 6.66. The number of carbonyl (C=O) groups is 1. The lowest BCUT2D eigenvalue weighted by Crippen LogP contribution is -2.58. The van der Waals surface area contributed by atoms with E-state index >= 15 is 0 Å². The second-order valence-corrected chi connectivity index (χ2v) is 7.63. The van der Waals surface area contributed by atoms with E-state index in [0.29, 0.717) is 25.1 Å². The number of methoxy groups -OCH3 is 1. The summed E-state index contributed by atoms with van der Waals surface area (Å²) < 4.78 is 11.1. The molecule has 2 saturated heterocycles. The molecule has 0 spiro atoms. The van der Waals surface area contributed by atoms with Crippen LogP contribution in [0.4, 0.5) is 4.79 Å². The Morgan fingerprint density at radius 2 is 2.12 bits per heavy atom. The lowest BCUT2D eigenvalue weighted by atomic mass is 9.92. The summed E-state index contributed by atoms with van der Waals surface area (Å²) in [6.45, 7) is 2.35. The first-order valence-electron chi connectivity index (χ1n) is 8.59. The van der Waals surface area contributed by atoms with Gasteiger partial charge in [0, 0.05) is 18.7 Å². The van der Waals surface area contributed by atoms with Crippen molar-refractivity contribution in [1.82, 2.24) is 4.90 Å². The van der Waals surface area contributed by atoms with Crippen LogP contribution < -0.4 is 4.74 Å². The van der Waals surface area contributed by atoms with Crippen LogP contribution in [0.2, 0.25) is 0 Å². The summed E-state index contributed by atoms with van der Waals surface area (Å²) in [7, 11) is 1.61. The Bertz CT molecular complexity index is 610. The standard InChI is InChI=1S/C18H25NO5S/c1-3-14-8-13(20)9-18(22,24-14)16-11-25-17(21)19(16)10-12-4-6-15(23-2)7-5-12/h4-7,13-14,16,20,22H,3,8-11H2,1-2H3. The van der Waals surface area contributed by atoms with Gasteiger partial charge in [0.1, 0.15) is 5.75 Å². The van der Waals surface area contributed by atoms with Crippen LogP contribution in [0.5, 0.6) is 5.75 Å². The predicted molar refractivity (Wildman–Crippen MR) is 95.5 cm³/mol. The number of hydrogen-bond acceptors (Lipinski definition) is 6. The molecule has 2 N–H and O–H groups in total. The molecule has 138 valence electrons. The highest BCUT2D eigenvalue weighted by Crippen LogP contribution is 2.39. The van der Waals surface area contributed by atoms with Crippen LogP contribution in [-0.4, -0.2) is 57.3 Å². The lowest BCUT2D eigenvalue weighted by Gasteiger charge is -2.45. The minimum Gasteiger partial charge on any atom is -0.497 e. The third-order valence-corrected chi connectivity index (χ3v) is 5.86. The fourth-order valence-corrected chi connectivity index (χ4v) is 4.60. The lowest BCUT2D eigenvalue weighted by molar-refractivity contribution is -0.292. The maximum atomic E-state index is 12.4. The van der Waals surface area contributed by atoms with Crippen LogP contribution in [0, 0.1) is 0 Å². The highest BCUT2D eigenvalue weighted by atomic mass is 32.2. The summed E-state index contributed by atoms with van der Waals surface area (Å²) in [5.41, 5.74) is 0.952. The fourth-order valence-electron chi connectivity index (χ4n) is 3.50. The zero-order valence-corrected chi connectivity index (χ0v) is 15.4. The molecule has 7 heteroatoms. The molecule has 2 aliphatic heterocycles. The normalized spacial score (nSPS) is 32.9. The van der Waals surface area contributed by atoms with E-state index in [4.69, 9.17) is 9.47 Å². The van der Waals surface area contributed by atoms with Gasteiger partial charge in [0.15, 0.2) is 5.79 Å². The maximum Gasteiger partial charge on any atom is 0.282 e. The highest BCUT2D eigenvalue weighted by Gasteiger charge is 2.51. The van der Waals surface area contributed by atoms with Gasteiger partial charge in [-0.1, -0.05) is 30.8 Å². The van der Waals surface area contributed by atoms with Crippen molar-refractivity contribution in [2.75, 3.05) is 12.9 Å². The van der Waals surface area contributed by atoms with Crippen LogP contribution in [-0.2, 0) is 11.3 Å². The van der Waals surface area contributed by atoms with Gasteiger partial charge in [-0.15, -0.1) is 0 Å². The molecule has 25 heavy (non-hydrogen) atoms. The molecule has 2 aliphatic rings. The molecule has 0 radical (unpaired) electrons. The van der Waals surface area contributed by atoms with E-state index in [1.165, 1.54) is 11.8 Å². The van der Waals surface area contributed by atoms with Crippen molar-refractivity contribution in [3.05, 3.63) is 29.8 Å². The number of carbonyl (C=O) groups excluding carboxylic acids is 1. The summed E-state index contributed by atoms with van der Waals surface area (Å²) in [4.78, 5) is 14.0. The van der Waals surface area contributed by atoms with Gasteiger partial charge in [-0.05, 0) is 30.5 Å². The Morgan fingerprint density at radius 3 is 2.76 bits per heavy atom. The first-order chi connectivity index (χ1) is 11.9. The number of nitrogens with zero attached hydrogens (tertiary/aromatic N) is 1. The molecule has 1 amide bonds. The van der Waals surface area contributed by atoms with Gasteiger partial charge in [-0.2, -0.15) is 0 Å². The molecule has 0 aliphatic carbocycles. The molecular weight excluding hydrogens is 342 g/mol. The molecule has 2 fully saturated rings. The highest BCUT2D eigenvalue weighted by molar-refractivity contribution is 8.13. The van der Waals surface area contributed by atoms with E-state index in [-0.39, 0.29) is 17.8 Å². The van der Waals surface area contributed by atoms with Gasteiger partial charge in [-0.3, -0.25) is 4.79 Å². The number of amides is 1. The minimum atomic E-state index is -1.51. The SMILES string of the molecule is CCC1CC(O)CC(O)(C2CSC(=O)N2Cc2ccc(OC)cc2)O1. The molecular formula is C18H25NO5S. The zero-order valence-electron chi connectivity index (χ0n) is 14.6. The number of thioether (sulfide) groups is 1. The maximum absolute atomic E-state index is 12.4. The van der Waals surface area contributed by atoms with Gasteiger partial charge in [-0.25, -0.2) is 0 Å². The van der Waals surface area contributed by atoms with Gasteiger partial charge >= 0.3 is 0 Å². The molecule has 4 atom stereocenters. The van der Waals surface area contributed by atoms with Crippen LogP contribution in [0.3, 0.4) is 0 Å². The molecule has 3 rings (SSSR count). The van der Waals surface area contributed by atoms with E-state index in [1.54, 1.807) is 12.0 Å². The quantitative estimate of drug-likeness (QED) is 0.832. The van der Waals surface area contributed by atoms with Crippen LogP contribution in [0.1, 0.15) is 31.7 Å². The van der Waals surface area contributed by atoms with Gasteiger partial charge in [0.25, 0.3) is 5.24 Å². The molecule has 2 heterocycles. The summed E-state index contributed by atoms with van der Waals surface area (Å²) >= 11 is 1.18. The predicted octanol–water partition coefficient (Wildman–Crippen LogP) is 2.37. The van der Waals surface area contributed by atoms with Gasteiger partial charge in [0.05, 0.1) is 25.4 Å². The van der Waals surface area contributed by atoms with Crippen molar-refractivity contribution in [3.8, 4) is 5.75 Å². The van der Waals surface area contributed by atoms with E-state index in [1.807, 2.05) is 31.2 Å². The largest absolute Gasteiger partial charge is 0.497 e. The smallest absolute Gasteiger partial charge is 0.282 e. The number of rotatable bonds is 5. The monoisotopic (exact) mass is 367 g/mol. The topological polar surface area (TPSA) is 79.2 Å². The fraction of sp³-hybridized carbons (Fsp3) is 0.611. The third-order valence-electron chi connectivity index (χ3n) is 4.90. The van der Waals surface area contributed by atoms with Crippen LogP contribution in [0.15, 0.2) is 24.3 Å². The van der Waals surface area contributed by atoms with E-state index < -0.39 is 17.9 Å². The molecule has 4 unspecified atom stereocenters. The first kappa shape index (κ1) is 18.5. The Kier molecular flexibility index (Phi) is 5.58. The average Bonchev–Trinajstić information content (AvgIpc) is 2.96. The van der Waals surface area contributed by atoms with Crippen molar-refractivity contribution in [1.29, 1.82) is 0 Å². The summed E-state index contributed by atoms with van der Waals surface area (Å²) in [5, 5.41) is 21.1. The minimum absolute atomic E-state index is 0.0778. The molecule has 0 saturated carbocycles. The summed E-state index contributed by atoms with van der Waals surface area (Å²) in [6.07, 6.45) is 0.544. The number of hydrogen-bond donors (Lipinski definition) is 2. The Labute approximate surface area is 152 Å². The number of benzene rings is 1. The van der Waals surface area contributed by atoms with E-state index in [0.717, 1.165) is 11.3 Å².